The van der Waals surface area contributed by atoms with E-state index in [1.165, 1.54) is 23.1 Å². The Morgan fingerprint density at radius 1 is 1.14 bits per heavy atom. The number of benzene rings is 2. The lowest BCUT2D eigenvalue weighted by molar-refractivity contribution is -0.385. The number of halogens is 1. The van der Waals surface area contributed by atoms with Gasteiger partial charge in [0.1, 0.15) is 11.5 Å². The van der Waals surface area contributed by atoms with Gasteiger partial charge in [0.15, 0.2) is 12.4 Å². The summed E-state index contributed by atoms with van der Waals surface area (Å²) >= 11 is 5.89. The van der Waals surface area contributed by atoms with Crippen LogP contribution in [-0.2, 0) is 11.3 Å². The third-order valence-electron chi connectivity index (χ3n) is 4.02. The fraction of sp³-hybridized carbons (Fsp3) is 0.150. The van der Waals surface area contributed by atoms with Crippen molar-refractivity contribution in [3.63, 3.8) is 0 Å². The van der Waals surface area contributed by atoms with E-state index in [0.29, 0.717) is 16.5 Å². The van der Waals surface area contributed by atoms with Gasteiger partial charge in [-0.25, -0.2) is 0 Å². The second-order valence-electron chi connectivity index (χ2n) is 6.04. The third-order valence-corrected chi connectivity index (χ3v) is 4.27. The molecule has 1 amide bonds. The van der Waals surface area contributed by atoms with Crippen molar-refractivity contribution in [3.05, 3.63) is 81.6 Å². The van der Waals surface area contributed by atoms with Crippen LogP contribution in [0.3, 0.4) is 0 Å². The van der Waals surface area contributed by atoms with Gasteiger partial charge in [-0.15, -0.1) is 0 Å². The van der Waals surface area contributed by atoms with Gasteiger partial charge in [0.05, 0.1) is 11.5 Å². The number of hydrogen-bond donors (Lipinski definition) is 0. The van der Waals surface area contributed by atoms with Gasteiger partial charge in [0.2, 0.25) is 0 Å². The molecule has 0 atom stereocenters. The molecule has 0 aliphatic heterocycles. The lowest BCUT2D eigenvalue weighted by atomic mass is 10.2. The summed E-state index contributed by atoms with van der Waals surface area (Å²) in [7, 11) is 1.61. The lowest BCUT2D eigenvalue weighted by Crippen LogP contribution is -2.30. The standard InChI is InChI=1S/C20H17ClN2O5/c1-22(20(24)13-27-19-5-3-2-4-17(19)23(25)26)12-16-10-11-18(28-16)14-6-8-15(21)9-7-14/h2-11H,12-13H2,1H3. The van der Waals surface area contributed by atoms with E-state index in [9.17, 15) is 14.9 Å². The molecule has 0 aliphatic rings. The quantitative estimate of drug-likeness (QED) is 0.429. The molecule has 0 spiro atoms. The van der Waals surface area contributed by atoms with Gasteiger partial charge in [-0.05, 0) is 42.5 Å². The average Bonchev–Trinajstić information content (AvgIpc) is 3.15. The van der Waals surface area contributed by atoms with Crippen LogP contribution in [0.5, 0.6) is 5.75 Å². The van der Waals surface area contributed by atoms with E-state index >= 15 is 0 Å². The van der Waals surface area contributed by atoms with Crippen molar-refractivity contribution < 1.29 is 18.9 Å². The monoisotopic (exact) mass is 400 g/mol. The number of furan rings is 1. The summed E-state index contributed by atoms with van der Waals surface area (Å²) < 4.78 is 11.1. The molecule has 8 heteroatoms. The van der Waals surface area contributed by atoms with Gasteiger partial charge in [0.25, 0.3) is 5.91 Å². The van der Waals surface area contributed by atoms with Gasteiger partial charge < -0.3 is 14.1 Å². The van der Waals surface area contributed by atoms with Crippen molar-refractivity contribution in [1.82, 2.24) is 4.90 Å². The molecule has 0 saturated carbocycles. The van der Waals surface area contributed by atoms with Gasteiger partial charge >= 0.3 is 5.69 Å². The molecule has 0 unspecified atom stereocenters. The fourth-order valence-corrected chi connectivity index (χ4v) is 2.66. The highest BCUT2D eigenvalue weighted by Gasteiger charge is 2.17. The molecule has 0 saturated heterocycles. The third kappa shape index (κ3) is 4.69. The normalized spacial score (nSPS) is 10.5. The lowest BCUT2D eigenvalue weighted by Gasteiger charge is -2.16. The Morgan fingerprint density at radius 3 is 2.57 bits per heavy atom. The smallest absolute Gasteiger partial charge is 0.310 e. The summed E-state index contributed by atoms with van der Waals surface area (Å²) in [6.45, 7) is -0.0707. The maximum atomic E-state index is 12.3. The molecule has 0 N–H and O–H groups in total. The van der Waals surface area contributed by atoms with Crippen molar-refractivity contribution >= 4 is 23.2 Å². The molecule has 7 nitrogen and oxygen atoms in total. The summed E-state index contributed by atoms with van der Waals surface area (Å²) in [5.41, 5.74) is 0.695. The highest BCUT2D eigenvalue weighted by molar-refractivity contribution is 6.30. The summed E-state index contributed by atoms with van der Waals surface area (Å²) in [4.78, 5) is 24.2. The molecular weight excluding hydrogens is 384 g/mol. The highest BCUT2D eigenvalue weighted by Crippen LogP contribution is 2.26. The van der Waals surface area contributed by atoms with E-state index in [2.05, 4.69) is 0 Å². The van der Waals surface area contributed by atoms with Crippen molar-refractivity contribution in [2.75, 3.05) is 13.7 Å². The molecule has 0 aliphatic carbocycles. The molecule has 0 fully saturated rings. The van der Waals surface area contributed by atoms with Crippen LogP contribution in [0.1, 0.15) is 5.76 Å². The molecule has 28 heavy (non-hydrogen) atoms. The van der Waals surface area contributed by atoms with Crippen molar-refractivity contribution in [1.29, 1.82) is 0 Å². The number of rotatable bonds is 7. The van der Waals surface area contributed by atoms with E-state index < -0.39 is 4.92 Å². The fourth-order valence-electron chi connectivity index (χ4n) is 2.53. The van der Waals surface area contributed by atoms with Crippen LogP contribution in [0, 0.1) is 10.1 Å². The van der Waals surface area contributed by atoms with Crippen LogP contribution in [-0.4, -0.2) is 29.4 Å². The van der Waals surface area contributed by atoms with E-state index in [4.69, 9.17) is 20.8 Å². The highest BCUT2D eigenvalue weighted by atomic mass is 35.5. The molecular formula is C20H17ClN2O5. The summed E-state index contributed by atoms with van der Waals surface area (Å²) in [5, 5.41) is 11.6. The van der Waals surface area contributed by atoms with Crippen molar-refractivity contribution in [2.45, 2.75) is 6.54 Å². The second kappa shape index (κ2) is 8.58. The zero-order chi connectivity index (χ0) is 20.1. The minimum Gasteiger partial charge on any atom is -0.477 e. The SMILES string of the molecule is CN(Cc1ccc(-c2ccc(Cl)cc2)o1)C(=O)COc1ccccc1[N+](=O)[O-]. The van der Waals surface area contributed by atoms with Crippen LogP contribution < -0.4 is 4.74 Å². The Hall–Kier alpha value is -3.32. The number of para-hydroxylation sites is 2. The zero-order valence-corrected chi connectivity index (χ0v) is 15.8. The number of amides is 1. The van der Waals surface area contributed by atoms with Gasteiger partial charge in [-0.3, -0.25) is 14.9 Å². The van der Waals surface area contributed by atoms with Crippen LogP contribution in [0.2, 0.25) is 5.02 Å². The maximum absolute atomic E-state index is 12.3. The number of hydrogen-bond acceptors (Lipinski definition) is 5. The Balaban J connectivity index is 1.59. The summed E-state index contributed by atoms with van der Waals surface area (Å²) in [6, 6.07) is 16.8. The number of nitrogens with zero attached hydrogens (tertiary/aromatic N) is 2. The number of likely N-dealkylation sites (N-methyl/N-ethyl adjacent to an activating group) is 1. The van der Waals surface area contributed by atoms with Gasteiger partial charge in [0, 0.05) is 23.7 Å². The first-order chi connectivity index (χ1) is 13.4. The minimum absolute atomic E-state index is 0.0530. The molecule has 1 heterocycles. The number of nitro benzene ring substituents is 1. The second-order valence-corrected chi connectivity index (χ2v) is 6.47. The van der Waals surface area contributed by atoms with Crippen LogP contribution in [0.4, 0.5) is 5.69 Å². The summed E-state index contributed by atoms with van der Waals surface area (Å²) in [5.74, 6) is 0.995. The molecule has 1 aromatic heterocycles. The van der Waals surface area contributed by atoms with E-state index in [1.807, 2.05) is 18.2 Å². The molecule has 2 aromatic carbocycles. The predicted octanol–water partition coefficient (Wildman–Crippen LogP) is 4.55. The maximum Gasteiger partial charge on any atom is 0.310 e. The van der Waals surface area contributed by atoms with E-state index in [-0.39, 0.29) is 30.5 Å². The number of carbonyl (C=O) groups is 1. The number of nitro groups is 1. The number of ether oxygens (including phenoxy) is 1. The Morgan fingerprint density at radius 2 is 1.86 bits per heavy atom. The minimum atomic E-state index is -0.551. The van der Waals surface area contributed by atoms with Crippen molar-refractivity contribution in [3.8, 4) is 17.1 Å². The van der Waals surface area contributed by atoms with Crippen LogP contribution >= 0.6 is 11.6 Å². The van der Waals surface area contributed by atoms with E-state index in [1.54, 1.807) is 31.3 Å². The number of carbonyl (C=O) groups excluding carboxylic acids is 1. The van der Waals surface area contributed by atoms with Crippen molar-refractivity contribution in [2.24, 2.45) is 0 Å². The Labute approximate surface area is 166 Å². The first-order valence-electron chi connectivity index (χ1n) is 8.39. The van der Waals surface area contributed by atoms with Gasteiger partial charge in [-0.1, -0.05) is 23.7 Å². The molecule has 0 radical (unpaired) electrons. The van der Waals surface area contributed by atoms with E-state index in [0.717, 1.165) is 5.56 Å². The largest absolute Gasteiger partial charge is 0.477 e. The molecule has 0 bridgehead atoms. The Kier molecular flexibility index (Phi) is 5.96. The topological polar surface area (TPSA) is 85.8 Å². The summed E-state index contributed by atoms with van der Waals surface area (Å²) in [6.07, 6.45) is 0. The molecule has 144 valence electrons. The molecule has 3 aromatic rings. The van der Waals surface area contributed by atoms with Gasteiger partial charge in [-0.2, -0.15) is 0 Å². The predicted molar refractivity (Wildman–Crippen MR) is 104 cm³/mol. The zero-order valence-electron chi connectivity index (χ0n) is 15.0. The first kappa shape index (κ1) is 19.4. The Bertz CT molecular complexity index is 984. The average molecular weight is 401 g/mol. The van der Waals surface area contributed by atoms with Crippen LogP contribution in [0.15, 0.2) is 65.1 Å². The molecule has 3 rings (SSSR count). The van der Waals surface area contributed by atoms with Crippen LogP contribution in [0.25, 0.3) is 11.3 Å². The first-order valence-corrected chi connectivity index (χ1v) is 8.76.